The number of rotatable bonds is 8. The van der Waals surface area contributed by atoms with Gasteiger partial charge in [-0.15, -0.1) is 24.0 Å². The molecule has 2 aromatic rings. The number of ether oxygens (including phenoxy) is 1. The molecule has 1 heterocycles. The van der Waals surface area contributed by atoms with E-state index in [0.29, 0.717) is 12.1 Å². The molecule has 3 rings (SSSR count). The molecular weight excluding hydrogens is 517 g/mol. The minimum atomic E-state index is -0.0666. The van der Waals surface area contributed by atoms with E-state index in [2.05, 4.69) is 50.1 Å². The first-order chi connectivity index (χ1) is 15.2. The van der Waals surface area contributed by atoms with Gasteiger partial charge in [-0.1, -0.05) is 36.4 Å². The maximum atomic E-state index is 11.8. The van der Waals surface area contributed by atoms with Crippen LogP contribution < -0.4 is 16.0 Å². The lowest BCUT2D eigenvalue weighted by atomic mass is 10.1. The Balaban J connectivity index is 0.00000363. The van der Waals surface area contributed by atoms with E-state index < -0.39 is 0 Å². The summed E-state index contributed by atoms with van der Waals surface area (Å²) in [6, 6.07) is 16.2. The van der Waals surface area contributed by atoms with E-state index in [0.717, 1.165) is 57.3 Å². The number of benzene rings is 2. The predicted molar refractivity (Wildman–Crippen MR) is 140 cm³/mol. The third-order valence-electron chi connectivity index (χ3n) is 5.41. The second-order valence-electron chi connectivity index (χ2n) is 7.54. The predicted octanol–water partition coefficient (Wildman–Crippen LogP) is 2.40. The Labute approximate surface area is 208 Å². The van der Waals surface area contributed by atoms with E-state index in [1.54, 1.807) is 14.1 Å². The molecule has 174 valence electrons. The molecule has 2 aromatic carbocycles. The van der Waals surface area contributed by atoms with Crippen LogP contribution in [-0.2, 0) is 24.2 Å². The third kappa shape index (κ3) is 8.07. The summed E-state index contributed by atoms with van der Waals surface area (Å²) >= 11 is 0. The van der Waals surface area contributed by atoms with Gasteiger partial charge in [-0.2, -0.15) is 0 Å². The average Bonchev–Trinajstić information content (AvgIpc) is 2.82. The van der Waals surface area contributed by atoms with Gasteiger partial charge in [0, 0.05) is 52.4 Å². The number of halogens is 1. The fourth-order valence-electron chi connectivity index (χ4n) is 3.62. The van der Waals surface area contributed by atoms with Gasteiger partial charge >= 0.3 is 0 Å². The maximum absolute atomic E-state index is 11.8. The second-order valence-corrected chi connectivity index (χ2v) is 7.54. The van der Waals surface area contributed by atoms with Crippen molar-refractivity contribution in [3.63, 3.8) is 0 Å². The number of aliphatic imine (C=N–C) groups is 1. The number of morpholine rings is 1. The minimum Gasteiger partial charge on any atom is -0.379 e. The zero-order chi connectivity index (χ0) is 21.9. The van der Waals surface area contributed by atoms with Gasteiger partial charge in [-0.25, -0.2) is 0 Å². The number of nitrogens with one attached hydrogen (secondary N) is 3. The van der Waals surface area contributed by atoms with Crippen LogP contribution in [0, 0.1) is 0 Å². The van der Waals surface area contributed by atoms with Crippen molar-refractivity contribution in [2.45, 2.75) is 19.5 Å². The van der Waals surface area contributed by atoms with E-state index in [1.807, 2.05) is 24.3 Å². The standard InChI is InChI=1S/C24H33N5O2.HI/c1-25-23(30)20-9-5-6-19(16-20)10-11-27-24(26-2)28-17-21-7-3-4-8-22(21)18-29-12-14-31-15-13-29;/h3-9,16H,10-15,17-18H2,1-2H3,(H,25,30)(H2,26,27,28);1H. The number of carbonyl (C=O) groups excluding carboxylic acids is 1. The summed E-state index contributed by atoms with van der Waals surface area (Å²) in [7, 11) is 3.42. The van der Waals surface area contributed by atoms with Crippen molar-refractivity contribution in [2.24, 2.45) is 4.99 Å². The van der Waals surface area contributed by atoms with Gasteiger partial charge in [0.25, 0.3) is 5.91 Å². The van der Waals surface area contributed by atoms with Crippen LogP contribution in [0.1, 0.15) is 27.0 Å². The zero-order valence-electron chi connectivity index (χ0n) is 18.9. The number of hydrogen-bond donors (Lipinski definition) is 3. The monoisotopic (exact) mass is 551 g/mol. The highest BCUT2D eigenvalue weighted by Crippen LogP contribution is 2.13. The summed E-state index contributed by atoms with van der Waals surface area (Å²) in [5.41, 5.74) is 4.40. The van der Waals surface area contributed by atoms with Crippen molar-refractivity contribution in [1.29, 1.82) is 0 Å². The molecule has 0 aromatic heterocycles. The topological polar surface area (TPSA) is 78.0 Å². The molecule has 0 saturated carbocycles. The average molecular weight is 551 g/mol. The Hall–Kier alpha value is -2.17. The second kappa shape index (κ2) is 14.1. The Morgan fingerprint density at radius 2 is 1.81 bits per heavy atom. The highest BCUT2D eigenvalue weighted by molar-refractivity contribution is 14.0. The van der Waals surface area contributed by atoms with Crippen LogP contribution >= 0.6 is 24.0 Å². The Morgan fingerprint density at radius 3 is 2.53 bits per heavy atom. The molecule has 7 nitrogen and oxygen atoms in total. The molecule has 0 atom stereocenters. The first-order valence-corrected chi connectivity index (χ1v) is 10.8. The van der Waals surface area contributed by atoms with Gasteiger partial charge in [-0.05, 0) is 35.2 Å². The molecule has 32 heavy (non-hydrogen) atoms. The van der Waals surface area contributed by atoms with Crippen LogP contribution in [0.2, 0.25) is 0 Å². The van der Waals surface area contributed by atoms with Gasteiger partial charge in [0.1, 0.15) is 0 Å². The number of amides is 1. The zero-order valence-corrected chi connectivity index (χ0v) is 21.2. The van der Waals surface area contributed by atoms with Gasteiger partial charge in [0.2, 0.25) is 0 Å². The highest BCUT2D eigenvalue weighted by atomic mass is 127. The van der Waals surface area contributed by atoms with Crippen LogP contribution in [0.5, 0.6) is 0 Å². The Morgan fingerprint density at radius 1 is 1.06 bits per heavy atom. The van der Waals surface area contributed by atoms with E-state index in [4.69, 9.17) is 4.74 Å². The van der Waals surface area contributed by atoms with Crippen molar-refractivity contribution in [3.05, 3.63) is 70.8 Å². The number of hydrogen-bond acceptors (Lipinski definition) is 4. The maximum Gasteiger partial charge on any atom is 0.251 e. The third-order valence-corrected chi connectivity index (χ3v) is 5.41. The van der Waals surface area contributed by atoms with Crippen LogP contribution in [0.15, 0.2) is 53.5 Å². The van der Waals surface area contributed by atoms with Gasteiger partial charge < -0.3 is 20.7 Å². The Kier molecular flexibility index (Phi) is 11.5. The molecule has 8 heteroatoms. The van der Waals surface area contributed by atoms with Crippen molar-refractivity contribution in [2.75, 3.05) is 46.9 Å². The molecule has 1 aliphatic rings. The van der Waals surface area contributed by atoms with E-state index in [9.17, 15) is 4.79 Å². The molecule has 1 amide bonds. The molecule has 0 aliphatic carbocycles. The molecule has 0 radical (unpaired) electrons. The number of guanidine groups is 1. The Bertz CT molecular complexity index is 884. The fraction of sp³-hybridized carbons (Fsp3) is 0.417. The summed E-state index contributed by atoms with van der Waals surface area (Å²) in [4.78, 5) is 18.6. The van der Waals surface area contributed by atoms with Crippen LogP contribution in [0.3, 0.4) is 0 Å². The van der Waals surface area contributed by atoms with Crippen molar-refractivity contribution in [3.8, 4) is 0 Å². The largest absolute Gasteiger partial charge is 0.379 e. The van der Waals surface area contributed by atoms with Crippen LogP contribution in [-0.4, -0.2) is 63.7 Å². The minimum absolute atomic E-state index is 0. The first-order valence-electron chi connectivity index (χ1n) is 10.8. The molecular formula is C24H34IN5O2. The first kappa shape index (κ1) is 26.1. The molecule has 0 spiro atoms. The lowest BCUT2D eigenvalue weighted by molar-refractivity contribution is 0.0341. The molecule has 3 N–H and O–H groups in total. The lowest BCUT2D eigenvalue weighted by Gasteiger charge is -2.27. The molecule has 1 saturated heterocycles. The highest BCUT2D eigenvalue weighted by Gasteiger charge is 2.13. The lowest BCUT2D eigenvalue weighted by Crippen LogP contribution is -2.38. The van der Waals surface area contributed by atoms with Gasteiger partial charge in [-0.3, -0.25) is 14.7 Å². The molecule has 0 unspecified atom stereocenters. The van der Waals surface area contributed by atoms with Crippen LogP contribution in [0.25, 0.3) is 0 Å². The van der Waals surface area contributed by atoms with E-state index in [-0.39, 0.29) is 29.9 Å². The SMILES string of the molecule is CN=C(NCCc1cccc(C(=O)NC)c1)NCc1ccccc1CN1CCOCC1.I. The molecule has 0 bridgehead atoms. The van der Waals surface area contributed by atoms with E-state index in [1.165, 1.54) is 11.1 Å². The summed E-state index contributed by atoms with van der Waals surface area (Å²) in [5.74, 6) is 0.701. The van der Waals surface area contributed by atoms with Crippen molar-refractivity contribution < 1.29 is 9.53 Å². The summed E-state index contributed by atoms with van der Waals surface area (Å²) in [6.45, 7) is 5.96. The van der Waals surface area contributed by atoms with Crippen LogP contribution in [0.4, 0.5) is 0 Å². The van der Waals surface area contributed by atoms with E-state index >= 15 is 0 Å². The summed E-state index contributed by atoms with van der Waals surface area (Å²) in [5, 5.41) is 9.44. The normalized spacial score (nSPS) is 14.4. The smallest absolute Gasteiger partial charge is 0.251 e. The summed E-state index contributed by atoms with van der Waals surface area (Å²) in [6.07, 6.45) is 0.805. The fourth-order valence-corrected chi connectivity index (χ4v) is 3.62. The van der Waals surface area contributed by atoms with Gasteiger partial charge in [0.05, 0.1) is 13.2 Å². The van der Waals surface area contributed by atoms with Crippen molar-refractivity contribution >= 4 is 35.8 Å². The number of carbonyl (C=O) groups is 1. The van der Waals surface area contributed by atoms with Crippen molar-refractivity contribution in [1.82, 2.24) is 20.9 Å². The van der Waals surface area contributed by atoms with Gasteiger partial charge in [0.15, 0.2) is 5.96 Å². The summed E-state index contributed by atoms with van der Waals surface area (Å²) < 4.78 is 5.46. The molecule has 1 fully saturated rings. The quantitative estimate of drug-likeness (QED) is 0.267. The molecule has 1 aliphatic heterocycles. The number of nitrogens with zero attached hydrogens (tertiary/aromatic N) is 2.